The molecule has 0 saturated carbocycles. The summed E-state index contributed by atoms with van der Waals surface area (Å²) in [6.07, 6.45) is 0. The number of carbonyl (C=O) groups excluding carboxylic acids is 2. The highest BCUT2D eigenvalue weighted by Crippen LogP contribution is 2.23. The van der Waals surface area contributed by atoms with Gasteiger partial charge in [-0.15, -0.1) is 0 Å². The van der Waals surface area contributed by atoms with E-state index < -0.39 is 0 Å². The zero-order valence-electron chi connectivity index (χ0n) is 16.2. The van der Waals surface area contributed by atoms with Gasteiger partial charge >= 0.3 is 0 Å². The van der Waals surface area contributed by atoms with Crippen molar-refractivity contribution < 1.29 is 9.59 Å². The van der Waals surface area contributed by atoms with Gasteiger partial charge in [0.1, 0.15) is 11.4 Å². The molecule has 0 unspecified atom stereocenters. The number of amides is 2. The van der Waals surface area contributed by atoms with Crippen LogP contribution in [0.1, 0.15) is 47.3 Å². The van der Waals surface area contributed by atoms with Crippen molar-refractivity contribution in [3.05, 3.63) is 89.7 Å². The number of anilines is 2. The van der Waals surface area contributed by atoms with Crippen molar-refractivity contribution in [2.45, 2.75) is 26.2 Å². The fourth-order valence-electron chi connectivity index (χ4n) is 2.65. The highest BCUT2D eigenvalue weighted by molar-refractivity contribution is 6.06. The smallest absolute Gasteiger partial charge is 0.274 e. The van der Waals surface area contributed by atoms with Crippen molar-refractivity contribution in [2.24, 2.45) is 0 Å². The maximum absolute atomic E-state index is 12.5. The average Bonchev–Trinajstić information content (AvgIpc) is 2.68. The molecule has 2 N–H and O–H groups in total. The molecule has 2 amide bonds. The van der Waals surface area contributed by atoms with Crippen molar-refractivity contribution in [3.8, 4) is 0 Å². The second-order valence-electron chi connectivity index (χ2n) is 7.51. The predicted molar refractivity (Wildman–Crippen MR) is 112 cm³/mol. The van der Waals surface area contributed by atoms with Crippen LogP contribution in [0.25, 0.3) is 0 Å². The summed E-state index contributed by atoms with van der Waals surface area (Å²) in [6, 6.07) is 21.6. The number of para-hydroxylation sites is 1. The number of benzene rings is 2. The number of nitrogens with one attached hydrogen (secondary N) is 2. The summed E-state index contributed by atoms with van der Waals surface area (Å²) in [5, 5.41) is 5.58. The van der Waals surface area contributed by atoms with Crippen LogP contribution in [-0.2, 0) is 5.41 Å². The van der Waals surface area contributed by atoms with Crippen LogP contribution in [0, 0.1) is 0 Å². The number of pyridine rings is 1. The van der Waals surface area contributed by atoms with Gasteiger partial charge in [-0.3, -0.25) is 9.59 Å². The first kappa shape index (κ1) is 19.3. The third-order valence-corrected chi connectivity index (χ3v) is 4.25. The molecule has 0 saturated heterocycles. The van der Waals surface area contributed by atoms with Crippen LogP contribution in [0.3, 0.4) is 0 Å². The molecule has 28 heavy (non-hydrogen) atoms. The Morgan fingerprint density at radius 3 is 1.68 bits per heavy atom. The highest BCUT2D eigenvalue weighted by Gasteiger charge is 2.15. The Bertz CT molecular complexity index is 975. The minimum atomic E-state index is -0.365. The average molecular weight is 373 g/mol. The first-order valence-electron chi connectivity index (χ1n) is 9.08. The van der Waals surface area contributed by atoms with Gasteiger partial charge in [-0.25, -0.2) is 4.98 Å². The predicted octanol–water partition coefficient (Wildman–Crippen LogP) is 4.88. The van der Waals surface area contributed by atoms with E-state index >= 15 is 0 Å². The molecule has 3 rings (SSSR count). The summed E-state index contributed by atoms with van der Waals surface area (Å²) in [7, 11) is 0. The molecule has 0 radical (unpaired) electrons. The molecule has 0 aliphatic carbocycles. The first-order valence-corrected chi connectivity index (χ1v) is 9.08. The van der Waals surface area contributed by atoms with Gasteiger partial charge in [0.15, 0.2) is 0 Å². The summed E-state index contributed by atoms with van der Waals surface area (Å²) in [5.74, 6) is -0.728. The van der Waals surface area contributed by atoms with E-state index in [0.29, 0.717) is 11.4 Å². The third-order valence-electron chi connectivity index (χ3n) is 4.25. The minimum absolute atomic E-state index is 0.0462. The summed E-state index contributed by atoms with van der Waals surface area (Å²) in [4.78, 5) is 29.1. The van der Waals surface area contributed by atoms with Crippen LogP contribution >= 0.6 is 0 Å². The van der Waals surface area contributed by atoms with Crippen molar-refractivity contribution in [1.29, 1.82) is 0 Å². The van der Waals surface area contributed by atoms with Gasteiger partial charge in [-0.1, -0.05) is 57.2 Å². The number of carbonyl (C=O) groups is 2. The van der Waals surface area contributed by atoms with Crippen molar-refractivity contribution in [1.82, 2.24) is 4.98 Å². The number of hydrogen-bond acceptors (Lipinski definition) is 3. The molecule has 142 valence electrons. The van der Waals surface area contributed by atoms with Crippen molar-refractivity contribution in [3.63, 3.8) is 0 Å². The lowest BCUT2D eigenvalue weighted by Gasteiger charge is -2.19. The van der Waals surface area contributed by atoms with E-state index in [1.807, 2.05) is 42.5 Å². The van der Waals surface area contributed by atoms with Crippen LogP contribution in [0.4, 0.5) is 11.4 Å². The summed E-state index contributed by atoms with van der Waals surface area (Å²) in [6.45, 7) is 6.41. The largest absolute Gasteiger partial charge is 0.321 e. The second-order valence-corrected chi connectivity index (χ2v) is 7.51. The van der Waals surface area contributed by atoms with Gasteiger partial charge in [0, 0.05) is 11.4 Å². The molecular formula is C23H23N3O2. The Balaban J connectivity index is 1.71. The van der Waals surface area contributed by atoms with Gasteiger partial charge in [-0.2, -0.15) is 0 Å². The van der Waals surface area contributed by atoms with E-state index in [2.05, 4.69) is 36.4 Å². The Morgan fingerprint density at radius 1 is 0.679 bits per heavy atom. The maximum atomic E-state index is 12.5. The standard InChI is InChI=1S/C23H23N3O2/c1-23(2,3)16-12-14-18(15-13-16)25-22(28)20-11-7-10-19(26-20)21(27)24-17-8-5-4-6-9-17/h4-15H,1-3H3,(H,24,27)(H,25,28). The normalized spacial score (nSPS) is 11.0. The minimum Gasteiger partial charge on any atom is -0.321 e. The van der Waals surface area contributed by atoms with Crippen molar-refractivity contribution >= 4 is 23.2 Å². The quantitative estimate of drug-likeness (QED) is 0.684. The number of rotatable bonds is 4. The molecule has 0 spiro atoms. The van der Waals surface area contributed by atoms with Gasteiger partial charge in [0.25, 0.3) is 11.8 Å². The zero-order chi connectivity index (χ0) is 20.1. The van der Waals surface area contributed by atoms with Gasteiger partial charge in [-0.05, 0) is 47.4 Å². The molecule has 0 atom stereocenters. The second kappa shape index (κ2) is 8.05. The summed E-state index contributed by atoms with van der Waals surface area (Å²) in [5.41, 5.74) is 2.94. The molecule has 5 heteroatoms. The summed E-state index contributed by atoms with van der Waals surface area (Å²) < 4.78 is 0. The Kier molecular flexibility index (Phi) is 5.54. The lowest BCUT2D eigenvalue weighted by Crippen LogP contribution is -2.18. The molecule has 3 aromatic rings. The number of nitrogens with zero attached hydrogens (tertiary/aromatic N) is 1. The Morgan fingerprint density at radius 2 is 1.18 bits per heavy atom. The number of aromatic nitrogens is 1. The topological polar surface area (TPSA) is 71.1 Å². The van der Waals surface area contributed by atoms with Crippen LogP contribution < -0.4 is 10.6 Å². The SMILES string of the molecule is CC(C)(C)c1ccc(NC(=O)c2cccc(C(=O)Nc3ccccc3)n2)cc1. The van der Waals surface area contributed by atoms with E-state index in [1.165, 1.54) is 5.56 Å². The van der Waals surface area contributed by atoms with Crippen LogP contribution in [-0.4, -0.2) is 16.8 Å². The molecule has 0 bridgehead atoms. The fourth-order valence-corrected chi connectivity index (χ4v) is 2.65. The Labute approximate surface area is 164 Å². The van der Waals surface area contributed by atoms with Crippen LogP contribution in [0.2, 0.25) is 0 Å². The van der Waals surface area contributed by atoms with Crippen LogP contribution in [0.5, 0.6) is 0 Å². The fraction of sp³-hybridized carbons (Fsp3) is 0.174. The molecular weight excluding hydrogens is 350 g/mol. The van der Waals surface area contributed by atoms with Gasteiger partial charge in [0.2, 0.25) is 0 Å². The van der Waals surface area contributed by atoms with E-state index in [0.717, 1.165) is 0 Å². The van der Waals surface area contributed by atoms with E-state index in [9.17, 15) is 9.59 Å². The monoisotopic (exact) mass is 373 g/mol. The van der Waals surface area contributed by atoms with E-state index in [1.54, 1.807) is 30.3 Å². The lowest BCUT2D eigenvalue weighted by atomic mass is 9.87. The number of hydrogen-bond donors (Lipinski definition) is 2. The summed E-state index contributed by atoms with van der Waals surface area (Å²) >= 11 is 0. The molecule has 0 aliphatic rings. The molecule has 2 aromatic carbocycles. The Hall–Kier alpha value is -3.47. The molecule has 1 heterocycles. The lowest BCUT2D eigenvalue weighted by molar-refractivity contribution is 0.101. The van der Waals surface area contributed by atoms with E-state index in [-0.39, 0.29) is 28.6 Å². The molecule has 1 aromatic heterocycles. The molecule has 0 aliphatic heterocycles. The van der Waals surface area contributed by atoms with Crippen molar-refractivity contribution in [2.75, 3.05) is 10.6 Å². The highest BCUT2D eigenvalue weighted by atomic mass is 16.2. The van der Waals surface area contributed by atoms with Gasteiger partial charge < -0.3 is 10.6 Å². The van der Waals surface area contributed by atoms with Gasteiger partial charge in [0.05, 0.1) is 0 Å². The molecule has 5 nitrogen and oxygen atoms in total. The third kappa shape index (κ3) is 4.82. The van der Waals surface area contributed by atoms with E-state index in [4.69, 9.17) is 0 Å². The van der Waals surface area contributed by atoms with Crippen LogP contribution in [0.15, 0.2) is 72.8 Å². The first-order chi connectivity index (χ1) is 13.3. The molecule has 0 fully saturated rings. The maximum Gasteiger partial charge on any atom is 0.274 e. The zero-order valence-corrected chi connectivity index (χ0v) is 16.2.